The lowest BCUT2D eigenvalue weighted by Crippen LogP contribution is -2.65. The van der Waals surface area contributed by atoms with Crippen LogP contribution in [0.3, 0.4) is 0 Å². The normalized spacial score (nSPS) is 17.4. The summed E-state index contributed by atoms with van der Waals surface area (Å²) in [6, 6.07) is 7.37. The third-order valence-electron chi connectivity index (χ3n) is 12.4. The number of hydrogen-bond acceptors (Lipinski definition) is 11. The number of nitrogens with two attached hydrogens (primary N) is 3. The van der Waals surface area contributed by atoms with E-state index in [0.29, 0.717) is 12.8 Å². The highest BCUT2D eigenvalue weighted by atomic mass is 32.2. The summed E-state index contributed by atoms with van der Waals surface area (Å²) in [5.74, 6) is -3.40. The summed E-state index contributed by atoms with van der Waals surface area (Å²) in [5.41, 5.74) is 20.0. The zero-order chi connectivity index (χ0) is 44.8. The topological polar surface area (TPSA) is 215 Å². The average Bonchev–Trinajstić information content (AvgIpc) is 3.64. The summed E-state index contributed by atoms with van der Waals surface area (Å²) in [5, 5.41) is 2.73. The van der Waals surface area contributed by atoms with E-state index in [0.717, 1.165) is 9.54 Å². The van der Waals surface area contributed by atoms with Crippen molar-refractivity contribution < 1.29 is 27.2 Å². The molecule has 0 saturated carbocycles. The van der Waals surface area contributed by atoms with Crippen LogP contribution in [0.5, 0.6) is 0 Å². The van der Waals surface area contributed by atoms with E-state index in [4.69, 9.17) is 21.6 Å². The molecular weight excluding hydrogens is 783 g/mol. The van der Waals surface area contributed by atoms with E-state index < -0.39 is 83.3 Å². The second kappa shape index (κ2) is 19.8. The fourth-order valence-electron chi connectivity index (χ4n) is 7.48. The van der Waals surface area contributed by atoms with Crippen molar-refractivity contribution in [3.8, 4) is 0 Å². The Labute approximate surface area is 354 Å². The Hall–Kier alpha value is -3.60. The third-order valence-corrected chi connectivity index (χ3v) is 18.5. The van der Waals surface area contributed by atoms with Gasteiger partial charge in [-0.25, -0.2) is 17.4 Å². The molecule has 13 nitrogen and oxygen atoms in total. The van der Waals surface area contributed by atoms with Gasteiger partial charge in [0.1, 0.15) is 17.8 Å². The van der Waals surface area contributed by atoms with Crippen molar-refractivity contribution in [2.45, 2.75) is 149 Å². The van der Waals surface area contributed by atoms with Crippen molar-refractivity contribution >= 4 is 35.8 Å². The number of nitrogens with one attached hydrogen (secondary N) is 1. The Morgan fingerprint density at radius 2 is 1.54 bits per heavy atom. The Morgan fingerprint density at radius 1 is 0.932 bits per heavy atom. The molecule has 328 valence electrons. The van der Waals surface area contributed by atoms with Gasteiger partial charge in [-0.05, 0) is 73.5 Å². The van der Waals surface area contributed by atoms with Crippen molar-refractivity contribution in [1.82, 2.24) is 19.3 Å². The first-order valence-corrected chi connectivity index (χ1v) is 25.2. The highest BCUT2D eigenvalue weighted by Crippen LogP contribution is 2.46. The number of ketones is 2. The van der Waals surface area contributed by atoms with E-state index in [1.807, 2.05) is 27.7 Å². The molecular formula is C44H71N7O6SSi. The SMILES string of the molecule is CC[C@H](C)[C@H](N)C(=O)C(NC(=O)[C@@](C(=O)[C@@H](N)Cc1cn(S(=O)(=O)c2ccc(C)cc2)cn1)(C(C)C)C(C)[C@H](O[Si](C)(C)C(C)(C)C)[C@@H](N)CC(C)C)c1ccccn1. The van der Waals surface area contributed by atoms with Crippen molar-refractivity contribution in [1.29, 1.82) is 0 Å². The molecule has 2 unspecified atom stereocenters. The number of benzene rings is 1. The van der Waals surface area contributed by atoms with Crippen LogP contribution in [0.1, 0.15) is 105 Å². The largest absolute Gasteiger partial charge is 0.412 e. The molecule has 0 saturated heterocycles. The predicted octanol–water partition coefficient (Wildman–Crippen LogP) is 6.10. The van der Waals surface area contributed by atoms with E-state index in [2.05, 4.69) is 63.0 Å². The summed E-state index contributed by atoms with van der Waals surface area (Å²) in [6.07, 6.45) is 4.23. The van der Waals surface area contributed by atoms with Crippen molar-refractivity contribution in [2.24, 2.45) is 46.3 Å². The Bertz CT molecular complexity index is 1980. The first-order valence-electron chi connectivity index (χ1n) is 20.8. The fraction of sp³-hybridized carbons (Fsp3) is 0.614. The van der Waals surface area contributed by atoms with Crippen LogP contribution in [-0.4, -0.2) is 72.4 Å². The maximum atomic E-state index is 15.5. The number of carbonyl (C=O) groups excluding carboxylic acids is 3. The number of amides is 1. The lowest BCUT2D eigenvalue weighted by molar-refractivity contribution is -0.156. The molecule has 2 aromatic heterocycles. The summed E-state index contributed by atoms with van der Waals surface area (Å²) in [4.78, 5) is 54.2. The molecule has 2 heterocycles. The van der Waals surface area contributed by atoms with Crippen LogP contribution >= 0.6 is 0 Å². The number of aryl methyl sites for hydroxylation is 1. The minimum absolute atomic E-state index is 0.0762. The second-order valence-electron chi connectivity index (χ2n) is 18.6. The molecule has 0 aliphatic rings. The number of rotatable bonds is 21. The predicted molar refractivity (Wildman–Crippen MR) is 236 cm³/mol. The molecule has 0 aliphatic heterocycles. The van der Waals surface area contributed by atoms with Gasteiger partial charge >= 0.3 is 0 Å². The molecule has 0 spiro atoms. The van der Waals surface area contributed by atoms with Crippen molar-refractivity contribution in [2.75, 3.05) is 0 Å². The zero-order valence-electron chi connectivity index (χ0n) is 37.5. The van der Waals surface area contributed by atoms with Gasteiger partial charge in [0, 0.05) is 30.8 Å². The smallest absolute Gasteiger partial charge is 0.268 e. The van der Waals surface area contributed by atoms with E-state index in [9.17, 15) is 13.2 Å². The maximum absolute atomic E-state index is 15.5. The minimum atomic E-state index is -3.99. The van der Waals surface area contributed by atoms with Crippen molar-refractivity contribution in [3.63, 3.8) is 0 Å². The molecule has 1 amide bonds. The van der Waals surface area contributed by atoms with Crippen LogP contribution < -0.4 is 22.5 Å². The van der Waals surface area contributed by atoms with Crippen LogP contribution in [0.2, 0.25) is 18.1 Å². The molecule has 0 bridgehead atoms. The summed E-state index contributed by atoms with van der Waals surface area (Å²) in [7, 11) is -6.59. The highest BCUT2D eigenvalue weighted by Gasteiger charge is 2.58. The zero-order valence-corrected chi connectivity index (χ0v) is 39.3. The standard InChI is InChI=1S/C44H71N7O6SSi/c1-14-30(7)37(47)39(52)38(36-17-15-16-22-48-36)50-42(54)44(28(4)5,31(8)40(34(45)23-27(2)3)57-59(12,13)43(9,10)11)41(53)35(46)24-32-25-51(26-49-32)58(55,56)33-20-18-29(6)19-21-33/h15-22,25-28,30-31,34-35,37-38,40H,14,23-24,45-47H2,1-13H3,(H,50,54)/t30-,31?,34-,35-,37-,38?,40-,44-/m0/s1. The quantitative estimate of drug-likeness (QED) is 0.0709. The molecule has 3 aromatic rings. The number of aromatic nitrogens is 3. The maximum Gasteiger partial charge on any atom is 0.268 e. The monoisotopic (exact) mass is 853 g/mol. The highest BCUT2D eigenvalue weighted by molar-refractivity contribution is 7.90. The molecule has 7 N–H and O–H groups in total. The minimum Gasteiger partial charge on any atom is -0.412 e. The van der Waals surface area contributed by atoms with Crippen LogP contribution in [0.25, 0.3) is 0 Å². The Balaban J connectivity index is 2.26. The van der Waals surface area contributed by atoms with E-state index in [1.165, 1.54) is 30.9 Å². The number of pyridine rings is 1. The average molecular weight is 854 g/mol. The van der Waals surface area contributed by atoms with Gasteiger partial charge in [0.25, 0.3) is 10.0 Å². The second-order valence-corrected chi connectivity index (χ2v) is 25.2. The molecule has 3 rings (SSSR count). The number of nitrogens with zero attached hydrogens (tertiary/aromatic N) is 3. The van der Waals surface area contributed by atoms with Crippen LogP contribution in [-0.2, 0) is 35.3 Å². The van der Waals surface area contributed by atoms with Gasteiger partial charge in [-0.1, -0.05) is 99.4 Å². The van der Waals surface area contributed by atoms with Gasteiger partial charge in [-0.15, -0.1) is 0 Å². The molecule has 0 fully saturated rings. The van der Waals surface area contributed by atoms with E-state index in [-0.39, 0.29) is 39.6 Å². The first kappa shape index (κ1) is 49.8. The van der Waals surface area contributed by atoms with Crippen molar-refractivity contribution in [3.05, 3.63) is 78.1 Å². The molecule has 15 heteroatoms. The van der Waals surface area contributed by atoms with E-state index in [1.54, 1.807) is 44.2 Å². The Morgan fingerprint density at radius 3 is 2.05 bits per heavy atom. The van der Waals surface area contributed by atoms with Gasteiger partial charge in [-0.2, -0.15) is 0 Å². The molecule has 8 atom stereocenters. The summed E-state index contributed by atoms with van der Waals surface area (Å²) >= 11 is 0. The Kier molecular flexibility index (Phi) is 16.7. The van der Waals surface area contributed by atoms with Crippen LogP contribution in [0.4, 0.5) is 0 Å². The van der Waals surface area contributed by atoms with E-state index >= 15 is 9.59 Å². The lowest BCUT2D eigenvalue weighted by atomic mass is 9.60. The molecule has 0 radical (unpaired) electrons. The number of carbonyl (C=O) groups is 3. The summed E-state index contributed by atoms with van der Waals surface area (Å²) in [6.45, 7) is 25.7. The first-order chi connectivity index (χ1) is 27.2. The molecule has 0 aliphatic carbocycles. The summed E-state index contributed by atoms with van der Waals surface area (Å²) < 4.78 is 35.1. The third kappa shape index (κ3) is 11.2. The number of Topliss-reactive ketones (excluding diaryl/α,β-unsaturated/α-hetero) is 2. The van der Waals surface area contributed by atoms with Gasteiger partial charge in [0.15, 0.2) is 19.9 Å². The number of imidazole rings is 1. The molecule has 59 heavy (non-hydrogen) atoms. The molecule has 1 aromatic carbocycles. The van der Waals surface area contributed by atoms with Gasteiger partial charge in [0.05, 0.1) is 34.5 Å². The van der Waals surface area contributed by atoms with Gasteiger partial charge in [0.2, 0.25) is 5.91 Å². The lowest BCUT2D eigenvalue weighted by Gasteiger charge is -2.49. The van der Waals surface area contributed by atoms with Gasteiger partial charge in [-0.3, -0.25) is 19.4 Å². The van der Waals surface area contributed by atoms with Crippen LogP contribution in [0, 0.1) is 36.0 Å². The number of hydrogen-bond donors (Lipinski definition) is 4. The fourth-order valence-corrected chi connectivity index (χ4v) is 10.1. The van der Waals surface area contributed by atoms with Crippen LogP contribution in [0.15, 0.2) is 66.1 Å². The van der Waals surface area contributed by atoms with Gasteiger partial charge < -0.3 is 26.9 Å².